The average molecular weight is 330 g/mol. The minimum absolute atomic E-state index is 1.17. The maximum absolute atomic E-state index is 2.35. The van der Waals surface area contributed by atoms with E-state index in [0.717, 1.165) is 0 Å². The number of rotatable bonds is 2. The average Bonchev–Trinajstić information content (AvgIpc) is 2.66. The lowest BCUT2D eigenvalue weighted by molar-refractivity contribution is 0.514. The summed E-state index contributed by atoms with van der Waals surface area (Å²) in [7, 11) is 0. The predicted octanol–water partition coefficient (Wildman–Crippen LogP) is 7.63. The number of benzene rings is 3. The molecule has 1 aliphatic rings. The largest absolute Gasteiger partial charge is 0.0616 e. The Kier molecular flexibility index (Phi) is 5.35. The maximum atomic E-state index is 2.35. The summed E-state index contributed by atoms with van der Waals surface area (Å²) in [5, 5.41) is 5.67. The van der Waals surface area contributed by atoms with Crippen molar-refractivity contribution in [1.82, 2.24) is 0 Å². The van der Waals surface area contributed by atoms with Gasteiger partial charge in [-0.05, 0) is 58.4 Å². The molecule has 0 unspecified atom stereocenters. The predicted molar refractivity (Wildman–Crippen MR) is 110 cm³/mol. The highest BCUT2D eigenvalue weighted by Crippen LogP contribution is 2.34. The zero-order valence-electron chi connectivity index (χ0n) is 15.3. The van der Waals surface area contributed by atoms with E-state index in [2.05, 4.69) is 54.6 Å². The molecule has 0 heteroatoms. The molecule has 0 bridgehead atoms. The van der Waals surface area contributed by atoms with E-state index in [1.807, 2.05) is 0 Å². The lowest BCUT2D eigenvalue weighted by atomic mass is 9.84. The zero-order chi connectivity index (χ0) is 16.9. The van der Waals surface area contributed by atoms with E-state index in [4.69, 9.17) is 0 Å². The molecule has 4 rings (SSSR count). The van der Waals surface area contributed by atoms with Crippen molar-refractivity contribution in [3.63, 3.8) is 0 Å². The lowest BCUT2D eigenvalue weighted by Gasteiger charge is -2.20. The van der Waals surface area contributed by atoms with Crippen molar-refractivity contribution in [1.29, 1.82) is 0 Å². The van der Waals surface area contributed by atoms with E-state index in [0.29, 0.717) is 0 Å². The molecule has 0 saturated heterocycles. The smallest absolute Gasteiger partial charge is 0.0145 e. The van der Waals surface area contributed by atoms with Gasteiger partial charge in [0, 0.05) is 0 Å². The van der Waals surface area contributed by atoms with Gasteiger partial charge in [-0.15, -0.1) is 0 Å². The Morgan fingerprint density at radius 3 is 1.60 bits per heavy atom. The van der Waals surface area contributed by atoms with Crippen LogP contribution in [0.5, 0.6) is 0 Å². The molecule has 0 N–H and O–H groups in total. The number of hydrogen-bond donors (Lipinski definition) is 0. The molecule has 0 aliphatic heterocycles. The van der Waals surface area contributed by atoms with E-state index in [-0.39, 0.29) is 0 Å². The van der Waals surface area contributed by atoms with Crippen LogP contribution in [0.1, 0.15) is 63.4 Å². The van der Waals surface area contributed by atoms with E-state index in [9.17, 15) is 0 Å². The van der Waals surface area contributed by atoms with Crippen LogP contribution in [0.25, 0.3) is 21.5 Å². The van der Waals surface area contributed by atoms with E-state index >= 15 is 0 Å². The molecule has 25 heavy (non-hydrogen) atoms. The first-order chi connectivity index (χ1) is 12.4. The Morgan fingerprint density at radius 2 is 1.04 bits per heavy atom. The first-order valence-corrected chi connectivity index (χ1v) is 10.1. The second-order valence-electron chi connectivity index (χ2n) is 7.70. The molecule has 0 spiro atoms. The van der Waals surface area contributed by atoms with E-state index in [1.165, 1.54) is 85.8 Å². The third kappa shape index (κ3) is 3.89. The minimum Gasteiger partial charge on any atom is -0.0616 e. The minimum atomic E-state index is 1.17. The van der Waals surface area contributed by atoms with E-state index in [1.54, 1.807) is 11.5 Å². The first-order valence-electron chi connectivity index (χ1n) is 10.1. The van der Waals surface area contributed by atoms with Crippen molar-refractivity contribution >= 4 is 21.5 Å². The van der Waals surface area contributed by atoms with Crippen LogP contribution in [-0.4, -0.2) is 0 Å². The lowest BCUT2D eigenvalue weighted by Crippen LogP contribution is -2.05. The Labute approximate surface area is 152 Å². The van der Waals surface area contributed by atoms with Gasteiger partial charge in [-0.3, -0.25) is 0 Å². The maximum Gasteiger partial charge on any atom is -0.0145 e. The Balaban J connectivity index is 1.70. The first kappa shape index (κ1) is 16.6. The standard InChI is InChI=1S/C25H29/c1-2-4-6-12-20(13-7-5-3-1)18-25-23-16-10-8-14-21(23)19-22-15-9-11-17-24(22)25/h8-11,14-17,19H,1-7,12-13,18H2. The second-order valence-corrected chi connectivity index (χ2v) is 7.70. The van der Waals surface area contributed by atoms with Gasteiger partial charge in [-0.1, -0.05) is 93.5 Å². The summed E-state index contributed by atoms with van der Waals surface area (Å²) in [6.45, 7) is 0. The van der Waals surface area contributed by atoms with Crippen molar-refractivity contribution < 1.29 is 0 Å². The van der Waals surface area contributed by atoms with Gasteiger partial charge in [0.1, 0.15) is 0 Å². The quantitative estimate of drug-likeness (QED) is 0.424. The van der Waals surface area contributed by atoms with Crippen LogP contribution in [0.4, 0.5) is 0 Å². The molecule has 0 aromatic heterocycles. The van der Waals surface area contributed by atoms with Crippen molar-refractivity contribution in [3.8, 4) is 0 Å². The number of hydrogen-bond acceptors (Lipinski definition) is 0. The summed E-state index contributed by atoms with van der Waals surface area (Å²) in [5.74, 6) is 1.78. The van der Waals surface area contributed by atoms with Gasteiger partial charge >= 0.3 is 0 Å². The molecule has 1 radical (unpaired) electrons. The summed E-state index contributed by atoms with van der Waals surface area (Å²) in [4.78, 5) is 0. The highest BCUT2D eigenvalue weighted by Gasteiger charge is 2.15. The van der Waals surface area contributed by atoms with Crippen molar-refractivity contribution in [3.05, 3.63) is 66.1 Å². The summed E-state index contributed by atoms with van der Waals surface area (Å²) < 4.78 is 0. The highest BCUT2D eigenvalue weighted by molar-refractivity contribution is 6.02. The Morgan fingerprint density at radius 1 is 0.560 bits per heavy atom. The molecule has 1 fully saturated rings. The monoisotopic (exact) mass is 329 g/mol. The molecule has 0 nitrogen and oxygen atoms in total. The molecule has 0 atom stereocenters. The van der Waals surface area contributed by atoms with Crippen molar-refractivity contribution in [2.45, 2.75) is 64.2 Å². The molecular weight excluding hydrogens is 300 g/mol. The molecular formula is C25H29. The molecule has 0 heterocycles. The molecule has 129 valence electrons. The molecule has 1 aliphatic carbocycles. The van der Waals surface area contributed by atoms with Crippen LogP contribution in [0, 0.1) is 5.92 Å². The Hall–Kier alpha value is -1.82. The molecule has 1 saturated carbocycles. The van der Waals surface area contributed by atoms with Crippen LogP contribution in [0.2, 0.25) is 0 Å². The van der Waals surface area contributed by atoms with Crippen molar-refractivity contribution in [2.24, 2.45) is 0 Å². The molecule has 3 aromatic carbocycles. The van der Waals surface area contributed by atoms with Crippen LogP contribution in [-0.2, 0) is 6.42 Å². The van der Waals surface area contributed by atoms with Gasteiger partial charge in [0.15, 0.2) is 0 Å². The van der Waals surface area contributed by atoms with Crippen LogP contribution >= 0.6 is 0 Å². The third-order valence-corrected chi connectivity index (χ3v) is 5.87. The topological polar surface area (TPSA) is 0 Å². The van der Waals surface area contributed by atoms with Crippen LogP contribution in [0.3, 0.4) is 0 Å². The summed E-state index contributed by atoms with van der Waals surface area (Å²) in [6, 6.07) is 20.2. The normalized spacial score (nSPS) is 17.8. The number of fused-ring (bicyclic) bond motifs is 2. The fraction of sp³-hybridized carbons (Fsp3) is 0.400. The van der Waals surface area contributed by atoms with Crippen LogP contribution in [0.15, 0.2) is 54.6 Å². The third-order valence-electron chi connectivity index (χ3n) is 5.87. The zero-order valence-corrected chi connectivity index (χ0v) is 15.3. The van der Waals surface area contributed by atoms with Gasteiger partial charge in [0.25, 0.3) is 0 Å². The summed E-state index contributed by atoms with van der Waals surface area (Å²) >= 11 is 0. The molecule has 0 amide bonds. The second kappa shape index (κ2) is 8.04. The van der Waals surface area contributed by atoms with E-state index < -0.39 is 0 Å². The van der Waals surface area contributed by atoms with Gasteiger partial charge in [0.2, 0.25) is 0 Å². The fourth-order valence-electron chi connectivity index (χ4n) is 4.48. The van der Waals surface area contributed by atoms with Gasteiger partial charge in [-0.2, -0.15) is 0 Å². The Bertz CT molecular complexity index is 766. The van der Waals surface area contributed by atoms with Crippen molar-refractivity contribution in [2.75, 3.05) is 0 Å². The van der Waals surface area contributed by atoms with Crippen LogP contribution < -0.4 is 0 Å². The van der Waals surface area contributed by atoms with Gasteiger partial charge < -0.3 is 0 Å². The highest BCUT2D eigenvalue weighted by atomic mass is 14.2. The van der Waals surface area contributed by atoms with Gasteiger partial charge in [-0.25, -0.2) is 0 Å². The van der Waals surface area contributed by atoms with Gasteiger partial charge in [0.05, 0.1) is 0 Å². The fourth-order valence-corrected chi connectivity index (χ4v) is 4.48. The summed E-state index contributed by atoms with van der Waals surface area (Å²) in [5.41, 5.74) is 1.56. The SMILES string of the molecule is c1ccc2c(C[C]3CCCCCCCCC3)c3ccccc3cc2c1. The summed E-state index contributed by atoms with van der Waals surface area (Å²) in [6.07, 6.45) is 13.8. The molecule has 3 aromatic rings.